The number of rotatable bonds is 7. The van der Waals surface area contributed by atoms with E-state index in [1.807, 2.05) is 30.1 Å². The van der Waals surface area contributed by atoms with Gasteiger partial charge in [-0.15, -0.1) is 0 Å². The van der Waals surface area contributed by atoms with Gasteiger partial charge in [-0.25, -0.2) is 9.97 Å². The molecule has 1 N–H and O–H groups in total. The fourth-order valence-corrected chi connectivity index (χ4v) is 2.20. The Morgan fingerprint density at radius 2 is 2.15 bits per heavy atom. The summed E-state index contributed by atoms with van der Waals surface area (Å²) < 4.78 is 1.99. The lowest BCUT2D eigenvalue weighted by atomic mass is 10.1. The minimum absolute atomic E-state index is 0.0854. The average Bonchev–Trinajstić information content (AvgIpc) is 2.88. The van der Waals surface area contributed by atoms with Gasteiger partial charge in [0.1, 0.15) is 5.82 Å². The van der Waals surface area contributed by atoms with Gasteiger partial charge in [0.05, 0.1) is 17.9 Å². The summed E-state index contributed by atoms with van der Waals surface area (Å²) in [6.45, 7) is 8.13. The van der Waals surface area contributed by atoms with Crippen LogP contribution in [0.25, 0.3) is 0 Å². The summed E-state index contributed by atoms with van der Waals surface area (Å²) in [5.41, 5.74) is 2.16. The number of aromatic nitrogens is 4. The van der Waals surface area contributed by atoms with Gasteiger partial charge in [0, 0.05) is 24.5 Å². The van der Waals surface area contributed by atoms with Crippen LogP contribution < -0.4 is 5.32 Å². The average molecular weight is 273 g/mol. The van der Waals surface area contributed by atoms with Crippen molar-refractivity contribution in [2.45, 2.75) is 46.2 Å². The van der Waals surface area contributed by atoms with Gasteiger partial charge in [-0.05, 0) is 32.4 Å². The first-order chi connectivity index (χ1) is 9.74. The number of hydrogen-bond acceptors (Lipinski definition) is 4. The van der Waals surface area contributed by atoms with Crippen LogP contribution in [0.15, 0.2) is 24.7 Å². The first kappa shape index (κ1) is 14.7. The molecule has 2 aromatic heterocycles. The smallest absolute Gasteiger partial charge is 0.125 e. The van der Waals surface area contributed by atoms with Gasteiger partial charge in [0.2, 0.25) is 0 Å². The Labute approximate surface area is 120 Å². The molecule has 5 nitrogen and oxygen atoms in total. The fraction of sp³-hybridized carbons (Fsp3) is 0.533. The van der Waals surface area contributed by atoms with E-state index >= 15 is 0 Å². The van der Waals surface area contributed by atoms with Crippen molar-refractivity contribution in [3.05, 3.63) is 41.7 Å². The van der Waals surface area contributed by atoms with Gasteiger partial charge in [0.15, 0.2) is 0 Å². The molecular formula is C15H23N5. The van der Waals surface area contributed by atoms with Gasteiger partial charge in [0.25, 0.3) is 0 Å². The Kier molecular flexibility index (Phi) is 5.24. The van der Waals surface area contributed by atoms with Gasteiger partial charge in [-0.1, -0.05) is 13.8 Å². The molecule has 0 aliphatic heterocycles. The Bertz CT molecular complexity index is 535. The summed E-state index contributed by atoms with van der Waals surface area (Å²) in [6, 6.07) is 2.06. The molecule has 0 saturated carbocycles. The highest BCUT2D eigenvalue weighted by Gasteiger charge is 2.16. The molecule has 2 aromatic rings. The van der Waals surface area contributed by atoms with Gasteiger partial charge < -0.3 is 5.32 Å². The summed E-state index contributed by atoms with van der Waals surface area (Å²) >= 11 is 0. The van der Waals surface area contributed by atoms with Crippen LogP contribution in [0.1, 0.15) is 49.8 Å². The number of nitrogens with one attached hydrogen (secondary N) is 1. The normalized spacial score (nSPS) is 12.6. The summed E-state index contributed by atoms with van der Waals surface area (Å²) in [4.78, 5) is 8.72. The molecule has 5 heteroatoms. The van der Waals surface area contributed by atoms with Crippen molar-refractivity contribution < 1.29 is 0 Å². The molecule has 108 valence electrons. The Hall–Kier alpha value is -1.75. The van der Waals surface area contributed by atoms with E-state index in [9.17, 15) is 0 Å². The van der Waals surface area contributed by atoms with Crippen molar-refractivity contribution in [2.75, 3.05) is 6.54 Å². The molecule has 0 aliphatic rings. The van der Waals surface area contributed by atoms with Crippen molar-refractivity contribution in [1.29, 1.82) is 0 Å². The van der Waals surface area contributed by atoms with E-state index in [0.717, 1.165) is 43.0 Å². The van der Waals surface area contributed by atoms with Gasteiger partial charge in [-0.2, -0.15) is 5.10 Å². The first-order valence-electron chi connectivity index (χ1n) is 7.29. The van der Waals surface area contributed by atoms with Crippen LogP contribution in [0.2, 0.25) is 0 Å². The number of nitrogens with zero attached hydrogens (tertiary/aromatic N) is 4. The minimum atomic E-state index is 0.0854. The molecule has 0 fully saturated rings. The lowest BCUT2D eigenvalue weighted by molar-refractivity contribution is 0.577. The van der Waals surface area contributed by atoms with Crippen molar-refractivity contribution in [2.24, 2.45) is 0 Å². The van der Waals surface area contributed by atoms with Crippen molar-refractivity contribution >= 4 is 0 Å². The van der Waals surface area contributed by atoms with Crippen molar-refractivity contribution in [3.8, 4) is 0 Å². The number of hydrogen-bond donors (Lipinski definition) is 1. The third-order valence-corrected chi connectivity index (χ3v) is 3.13. The molecule has 1 atom stereocenters. The lowest BCUT2D eigenvalue weighted by Crippen LogP contribution is -2.24. The molecule has 0 saturated heterocycles. The molecule has 0 amide bonds. The predicted molar refractivity (Wildman–Crippen MR) is 79.4 cm³/mol. The molecule has 0 aromatic carbocycles. The maximum absolute atomic E-state index is 4.55. The quantitative estimate of drug-likeness (QED) is 0.842. The van der Waals surface area contributed by atoms with Crippen LogP contribution in [-0.4, -0.2) is 26.3 Å². The van der Waals surface area contributed by atoms with Crippen LogP contribution in [0.4, 0.5) is 0 Å². The predicted octanol–water partition coefficient (Wildman–Crippen LogP) is 2.48. The molecule has 0 aliphatic carbocycles. The maximum Gasteiger partial charge on any atom is 0.125 e. The van der Waals surface area contributed by atoms with Crippen LogP contribution >= 0.6 is 0 Å². The molecular weight excluding hydrogens is 250 g/mol. The zero-order valence-electron chi connectivity index (χ0n) is 12.5. The van der Waals surface area contributed by atoms with E-state index in [1.54, 1.807) is 0 Å². The highest BCUT2D eigenvalue weighted by Crippen LogP contribution is 2.20. The standard InChI is InChI=1S/C15H23N5/c1-4-7-17-15(14-6-8-16-12(3)19-14)13-10-18-20(11-13)9-5-2/h6,8,10-11,15,17H,4-5,7,9H2,1-3H3. The third kappa shape index (κ3) is 3.63. The second-order valence-electron chi connectivity index (χ2n) is 4.95. The second-order valence-corrected chi connectivity index (χ2v) is 4.95. The summed E-state index contributed by atoms with van der Waals surface area (Å²) in [5.74, 6) is 0.798. The summed E-state index contributed by atoms with van der Waals surface area (Å²) in [7, 11) is 0. The highest BCUT2D eigenvalue weighted by atomic mass is 15.3. The van der Waals surface area contributed by atoms with Crippen LogP contribution in [0, 0.1) is 6.92 Å². The monoisotopic (exact) mass is 273 g/mol. The first-order valence-corrected chi connectivity index (χ1v) is 7.29. The van der Waals surface area contributed by atoms with Crippen molar-refractivity contribution in [3.63, 3.8) is 0 Å². The van der Waals surface area contributed by atoms with E-state index < -0.39 is 0 Å². The van der Waals surface area contributed by atoms with Gasteiger partial charge in [-0.3, -0.25) is 4.68 Å². The number of aryl methyl sites for hydroxylation is 2. The lowest BCUT2D eigenvalue weighted by Gasteiger charge is -2.16. The summed E-state index contributed by atoms with van der Waals surface area (Å²) in [6.07, 6.45) is 8.02. The van der Waals surface area contributed by atoms with Crippen LogP contribution in [-0.2, 0) is 6.54 Å². The summed E-state index contributed by atoms with van der Waals surface area (Å²) in [5, 5.41) is 7.96. The van der Waals surface area contributed by atoms with Crippen molar-refractivity contribution in [1.82, 2.24) is 25.1 Å². The van der Waals surface area contributed by atoms with E-state index in [2.05, 4.69) is 40.4 Å². The topological polar surface area (TPSA) is 55.6 Å². The molecule has 20 heavy (non-hydrogen) atoms. The highest BCUT2D eigenvalue weighted by molar-refractivity contribution is 5.23. The largest absolute Gasteiger partial charge is 0.305 e. The Morgan fingerprint density at radius 3 is 2.85 bits per heavy atom. The Balaban J connectivity index is 2.26. The van der Waals surface area contributed by atoms with Gasteiger partial charge >= 0.3 is 0 Å². The van der Waals surface area contributed by atoms with E-state index in [1.165, 1.54) is 0 Å². The molecule has 0 radical (unpaired) electrons. The van der Waals surface area contributed by atoms with Crippen LogP contribution in [0.5, 0.6) is 0 Å². The van der Waals surface area contributed by atoms with E-state index in [-0.39, 0.29) is 6.04 Å². The fourth-order valence-electron chi connectivity index (χ4n) is 2.20. The maximum atomic E-state index is 4.55. The van der Waals surface area contributed by atoms with Crippen LogP contribution in [0.3, 0.4) is 0 Å². The zero-order chi connectivity index (χ0) is 14.4. The molecule has 1 unspecified atom stereocenters. The Morgan fingerprint density at radius 1 is 1.30 bits per heavy atom. The zero-order valence-corrected chi connectivity index (χ0v) is 12.5. The minimum Gasteiger partial charge on any atom is -0.305 e. The van der Waals surface area contributed by atoms with E-state index in [4.69, 9.17) is 0 Å². The SMILES string of the molecule is CCCNC(c1cnn(CCC)c1)c1ccnc(C)n1. The molecule has 0 spiro atoms. The second kappa shape index (κ2) is 7.14. The molecule has 2 rings (SSSR count). The third-order valence-electron chi connectivity index (χ3n) is 3.13. The van der Waals surface area contributed by atoms with E-state index in [0.29, 0.717) is 0 Å². The molecule has 0 bridgehead atoms. The molecule has 2 heterocycles.